The zero-order valence-corrected chi connectivity index (χ0v) is 12.5. The van der Waals surface area contributed by atoms with Gasteiger partial charge in [0.25, 0.3) is 5.56 Å². The molecule has 0 aliphatic carbocycles. The summed E-state index contributed by atoms with van der Waals surface area (Å²) in [5, 5.41) is 0.919. The van der Waals surface area contributed by atoms with Gasteiger partial charge >= 0.3 is 0 Å². The molecule has 0 aromatic carbocycles. The van der Waals surface area contributed by atoms with Crippen molar-refractivity contribution in [3.05, 3.63) is 27.8 Å². The number of rotatable bonds is 1. The third-order valence-corrected chi connectivity index (χ3v) is 3.69. The predicted octanol–water partition coefficient (Wildman–Crippen LogP) is -0.0112. The monoisotopic (exact) mass is 271 g/mol. The minimum absolute atomic E-state index is 0.0298. The topological polar surface area (TPSA) is 59.4 Å². The van der Waals surface area contributed by atoms with Gasteiger partial charge in [-0.15, -0.1) is 0 Å². The van der Waals surface area contributed by atoms with Crippen molar-refractivity contribution in [2.24, 2.45) is 12.0 Å². The number of nitrogens with one attached hydrogen (secondary N) is 1. The standard InChI is InChI=1S/C14H18BN3O2/c1-7-9(12-16-6-14(2,3)20-12)10-8(15)5-18(4)13(19)11(10)17-7/h5,17H,6,15H2,1-4H3. The summed E-state index contributed by atoms with van der Waals surface area (Å²) in [4.78, 5) is 19.9. The molecule has 20 heavy (non-hydrogen) atoms. The summed E-state index contributed by atoms with van der Waals surface area (Å²) in [5.41, 5.74) is 3.19. The Morgan fingerprint density at radius 1 is 1.50 bits per heavy atom. The Labute approximate surface area is 118 Å². The largest absolute Gasteiger partial charge is 0.469 e. The van der Waals surface area contributed by atoms with Crippen LogP contribution >= 0.6 is 0 Å². The summed E-state index contributed by atoms with van der Waals surface area (Å²) in [6, 6.07) is 0. The van der Waals surface area contributed by atoms with Gasteiger partial charge in [0.2, 0.25) is 5.90 Å². The highest BCUT2D eigenvalue weighted by molar-refractivity contribution is 6.40. The third-order valence-electron chi connectivity index (χ3n) is 3.69. The summed E-state index contributed by atoms with van der Waals surface area (Å²) in [6.07, 6.45) is 1.85. The Bertz CT molecular complexity index is 799. The van der Waals surface area contributed by atoms with Gasteiger partial charge in [0, 0.05) is 24.3 Å². The first-order valence-electron chi connectivity index (χ1n) is 6.72. The van der Waals surface area contributed by atoms with Crippen LogP contribution in [0.2, 0.25) is 0 Å². The van der Waals surface area contributed by atoms with Gasteiger partial charge in [-0.05, 0) is 20.8 Å². The van der Waals surface area contributed by atoms with Crippen molar-refractivity contribution in [2.75, 3.05) is 6.54 Å². The van der Waals surface area contributed by atoms with Crippen LogP contribution in [0.3, 0.4) is 0 Å². The highest BCUT2D eigenvalue weighted by Crippen LogP contribution is 2.26. The number of aromatic amines is 1. The van der Waals surface area contributed by atoms with Crippen LogP contribution in [0, 0.1) is 6.92 Å². The van der Waals surface area contributed by atoms with E-state index < -0.39 is 0 Å². The average Bonchev–Trinajstić information content (AvgIpc) is 2.86. The van der Waals surface area contributed by atoms with E-state index in [0.29, 0.717) is 18.0 Å². The molecule has 0 saturated carbocycles. The van der Waals surface area contributed by atoms with Crippen molar-refractivity contribution >= 4 is 30.1 Å². The summed E-state index contributed by atoms with van der Waals surface area (Å²) < 4.78 is 7.52. The number of fused-ring (bicyclic) bond motifs is 1. The second-order valence-electron chi connectivity index (χ2n) is 6.09. The fraction of sp³-hybridized carbons (Fsp3) is 0.429. The molecule has 2 aromatic rings. The quantitative estimate of drug-likeness (QED) is 0.741. The van der Waals surface area contributed by atoms with E-state index in [0.717, 1.165) is 22.1 Å². The lowest BCUT2D eigenvalue weighted by molar-refractivity contribution is 0.131. The zero-order chi connectivity index (χ0) is 14.7. The molecule has 6 heteroatoms. The molecular weight excluding hydrogens is 253 g/mol. The van der Waals surface area contributed by atoms with Crippen LogP contribution in [0.25, 0.3) is 10.9 Å². The van der Waals surface area contributed by atoms with E-state index in [2.05, 4.69) is 9.98 Å². The number of aliphatic imine (C=N–C) groups is 1. The van der Waals surface area contributed by atoms with E-state index in [4.69, 9.17) is 4.74 Å². The molecule has 0 spiro atoms. The smallest absolute Gasteiger partial charge is 0.274 e. The maximum absolute atomic E-state index is 12.2. The molecule has 0 fully saturated rings. The van der Waals surface area contributed by atoms with Crippen LogP contribution < -0.4 is 11.0 Å². The number of aromatic nitrogens is 2. The van der Waals surface area contributed by atoms with Crippen molar-refractivity contribution in [1.82, 2.24) is 9.55 Å². The van der Waals surface area contributed by atoms with Gasteiger partial charge in [-0.25, -0.2) is 4.99 Å². The number of nitrogens with zero attached hydrogens (tertiary/aromatic N) is 2. The van der Waals surface area contributed by atoms with Gasteiger partial charge in [-0.3, -0.25) is 4.79 Å². The van der Waals surface area contributed by atoms with Gasteiger partial charge in [0.15, 0.2) is 0 Å². The minimum atomic E-state index is -0.279. The average molecular weight is 271 g/mol. The van der Waals surface area contributed by atoms with Crippen LogP contribution in [-0.2, 0) is 11.8 Å². The van der Waals surface area contributed by atoms with Crippen molar-refractivity contribution in [3.8, 4) is 0 Å². The molecule has 3 rings (SSSR count). The molecule has 1 N–H and O–H groups in total. The van der Waals surface area contributed by atoms with E-state index >= 15 is 0 Å². The summed E-state index contributed by atoms with van der Waals surface area (Å²) in [5.74, 6) is 0.634. The molecule has 1 aliphatic heterocycles. The van der Waals surface area contributed by atoms with Crippen molar-refractivity contribution < 1.29 is 4.74 Å². The van der Waals surface area contributed by atoms with Gasteiger partial charge in [-0.1, -0.05) is 5.46 Å². The normalized spacial score (nSPS) is 17.3. The lowest BCUT2D eigenvalue weighted by Gasteiger charge is -2.17. The first-order chi connectivity index (χ1) is 9.30. The van der Waals surface area contributed by atoms with E-state index in [1.54, 1.807) is 11.6 Å². The SMILES string of the molecule is Bc1cn(C)c(=O)c2[nH]c(C)c(C3=NCC(C)(C)O3)c12. The molecule has 5 nitrogen and oxygen atoms in total. The first-order valence-corrected chi connectivity index (χ1v) is 6.72. The van der Waals surface area contributed by atoms with E-state index in [1.165, 1.54) is 0 Å². The molecule has 0 saturated heterocycles. The third kappa shape index (κ3) is 1.78. The fourth-order valence-corrected chi connectivity index (χ4v) is 2.76. The highest BCUT2D eigenvalue weighted by atomic mass is 16.5. The molecule has 0 atom stereocenters. The second-order valence-corrected chi connectivity index (χ2v) is 6.09. The Morgan fingerprint density at radius 2 is 2.20 bits per heavy atom. The van der Waals surface area contributed by atoms with Crippen LogP contribution in [0.15, 0.2) is 16.0 Å². The van der Waals surface area contributed by atoms with Gasteiger partial charge in [0.1, 0.15) is 19.0 Å². The molecule has 1 aliphatic rings. The highest BCUT2D eigenvalue weighted by Gasteiger charge is 2.31. The molecule has 0 bridgehead atoms. The fourth-order valence-electron chi connectivity index (χ4n) is 2.76. The Balaban J connectivity index is 2.30. The molecule has 0 unspecified atom stereocenters. The number of pyridine rings is 1. The lowest BCUT2D eigenvalue weighted by atomic mass is 9.92. The Hall–Kier alpha value is -1.98. The van der Waals surface area contributed by atoms with Crippen molar-refractivity contribution in [1.29, 1.82) is 0 Å². The number of hydrogen-bond donors (Lipinski definition) is 1. The summed E-state index contributed by atoms with van der Waals surface area (Å²) >= 11 is 0. The van der Waals surface area contributed by atoms with Crippen LogP contribution in [-0.4, -0.2) is 35.4 Å². The summed E-state index contributed by atoms with van der Waals surface area (Å²) in [7, 11) is 3.76. The Kier molecular flexibility index (Phi) is 2.61. The maximum Gasteiger partial charge on any atom is 0.274 e. The molecule has 0 amide bonds. The molecule has 104 valence electrons. The summed E-state index contributed by atoms with van der Waals surface area (Å²) in [6.45, 7) is 6.61. The van der Waals surface area contributed by atoms with Gasteiger partial charge in [0.05, 0.1) is 12.1 Å². The van der Waals surface area contributed by atoms with E-state index in [1.807, 2.05) is 34.8 Å². The maximum atomic E-state index is 12.2. The Morgan fingerprint density at radius 3 is 2.80 bits per heavy atom. The number of ether oxygens (including phenoxy) is 1. The second kappa shape index (κ2) is 4.01. The number of H-pyrrole nitrogens is 1. The minimum Gasteiger partial charge on any atom is -0.469 e. The van der Waals surface area contributed by atoms with E-state index in [-0.39, 0.29) is 11.2 Å². The zero-order valence-electron chi connectivity index (χ0n) is 12.5. The number of hydrogen-bond acceptors (Lipinski definition) is 3. The first kappa shape index (κ1) is 13.0. The van der Waals surface area contributed by atoms with Crippen LogP contribution in [0.1, 0.15) is 25.1 Å². The van der Waals surface area contributed by atoms with Gasteiger partial charge in [-0.2, -0.15) is 0 Å². The van der Waals surface area contributed by atoms with Crippen LogP contribution in [0.4, 0.5) is 0 Å². The molecule has 0 radical (unpaired) electrons. The molecular formula is C14H18BN3O2. The molecule has 2 aromatic heterocycles. The number of aryl methyl sites for hydroxylation is 2. The van der Waals surface area contributed by atoms with Crippen molar-refractivity contribution in [3.63, 3.8) is 0 Å². The lowest BCUT2D eigenvalue weighted by Crippen LogP contribution is -2.26. The van der Waals surface area contributed by atoms with Crippen LogP contribution in [0.5, 0.6) is 0 Å². The van der Waals surface area contributed by atoms with E-state index in [9.17, 15) is 4.79 Å². The predicted molar refractivity (Wildman–Crippen MR) is 83.0 cm³/mol. The molecule has 3 heterocycles. The van der Waals surface area contributed by atoms with Crippen molar-refractivity contribution in [2.45, 2.75) is 26.4 Å². The van der Waals surface area contributed by atoms with Gasteiger partial charge < -0.3 is 14.3 Å².